The van der Waals surface area contributed by atoms with Crippen molar-refractivity contribution in [3.63, 3.8) is 0 Å². The number of pyridine rings is 1. The second-order valence-electron chi connectivity index (χ2n) is 11.0. The molecule has 39 heavy (non-hydrogen) atoms. The van der Waals surface area contributed by atoms with Crippen LogP contribution in [-0.4, -0.2) is 55.2 Å². The van der Waals surface area contributed by atoms with Crippen LogP contribution in [0.5, 0.6) is 5.75 Å². The van der Waals surface area contributed by atoms with E-state index in [9.17, 15) is 9.18 Å². The van der Waals surface area contributed by atoms with Crippen LogP contribution in [0.4, 0.5) is 10.1 Å². The van der Waals surface area contributed by atoms with Crippen molar-refractivity contribution in [2.75, 3.05) is 38.2 Å². The smallest absolute Gasteiger partial charge is 0.293 e. The van der Waals surface area contributed by atoms with E-state index in [1.54, 1.807) is 6.07 Å². The first-order valence-electron chi connectivity index (χ1n) is 13.9. The molecule has 1 aliphatic carbocycles. The number of hydrogen-bond acceptors (Lipinski definition) is 6. The van der Waals surface area contributed by atoms with Crippen molar-refractivity contribution in [1.29, 1.82) is 0 Å². The Morgan fingerprint density at radius 2 is 1.87 bits per heavy atom. The molecule has 0 unspecified atom stereocenters. The molecule has 1 aliphatic heterocycles. The van der Waals surface area contributed by atoms with E-state index in [1.165, 1.54) is 23.4 Å². The number of ether oxygens (including phenoxy) is 2. The molecule has 2 heterocycles. The van der Waals surface area contributed by atoms with Gasteiger partial charge in [-0.1, -0.05) is 17.7 Å². The summed E-state index contributed by atoms with van der Waals surface area (Å²) in [5.41, 5.74) is 6.04. The number of hydrogen-bond donors (Lipinski definition) is 0. The van der Waals surface area contributed by atoms with E-state index < -0.39 is 5.60 Å². The molecule has 2 aliphatic rings. The second-order valence-corrected chi connectivity index (χ2v) is 11.0. The number of aryl methyl sites for hydroxylation is 1. The van der Waals surface area contributed by atoms with Crippen LogP contribution in [0, 0.1) is 12.7 Å². The van der Waals surface area contributed by atoms with Gasteiger partial charge >= 0.3 is 0 Å². The van der Waals surface area contributed by atoms with E-state index >= 15 is 0 Å². The number of nitrogens with zero attached hydrogens (tertiary/aromatic N) is 3. The Labute approximate surface area is 230 Å². The molecular weight excluding hydrogens is 493 g/mol. The molecule has 0 N–H and O–H groups in total. The molecule has 0 bridgehead atoms. The predicted octanol–water partition coefficient (Wildman–Crippen LogP) is 6.12. The van der Waals surface area contributed by atoms with Gasteiger partial charge in [0.15, 0.2) is 0 Å². The lowest BCUT2D eigenvalue weighted by molar-refractivity contribution is -0.147. The number of halogens is 1. The topological polar surface area (TPSA) is 54.9 Å². The largest absolute Gasteiger partial charge is 0.494 e. The summed E-state index contributed by atoms with van der Waals surface area (Å²) in [6.45, 7) is 8.29. The molecule has 0 atom stereocenters. The molecule has 3 aromatic rings. The summed E-state index contributed by atoms with van der Waals surface area (Å²) in [5, 5.41) is 0. The van der Waals surface area contributed by atoms with Crippen LogP contribution in [0.3, 0.4) is 0 Å². The van der Waals surface area contributed by atoms with Crippen molar-refractivity contribution in [2.45, 2.75) is 57.6 Å². The van der Waals surface area contributed by atoms with Gasteiger partial charge in [0.25, 0.3) is 6.47 Å². The molecule has 0 radical (unpaired) electrons. The van der Waals surface area contributed by atoms with Crippen LogP contribution >= 0.6 is 0 Å². The molecule has 2 fully saturated rings. The zero-order valence-corrected chi connectivity index (χ0v) is 23.2. The van der Waals surface area contributed by atoms with Crippen LogP contribution in [0.2, 0.25) is 0 Å². The Hall–Kier alpha value is -3.45. The Morgan fingerprint density at radius 1 is 1.13 bits per heavy atom. The molecule has 1 saturated heterocycles. The third kappa shape index (κ3) is 6.41. The highest BCUT2D eigenvalue weighted by Crippen LogP contribution is 2.46. The quantitative estimate of drug-likeness (QED) is 0.278. The van der Waals surface area contributed by atoms with Crippen LogP contribution in [0.15, 0.2) is 54.7 Å². The highest BCUT2D eigenvalue weighted by atomic mass is 19.1. The molecule has 0 amide bonds. The zero-order chi connectivity index (χ0) is 27.4. The highest BCUT2D eigenvalue weighted by Gasteiger charge is 2.38. The maximum absolute atomic E-state index is 13.5. The Bertz CT molecular complexity index is 1270. The minimum absolute atomic E-state index is 0.335. The number of benzene rings is 2. The number of aromatic nitrogens is 1. The average Bonchev–Trinajstić information content (AvgIpc) is 3.77. The molecule has 206 valence electrons. The van der Waals surface area contributed by atoms with Gasteiger partial charge in [-0.15, -0.1) is 0 Å². The lowest BCUT2D eigenvalue weighted by Crippen LogP contribution is -2.51. The van der Waals surface area contributed by atoms with E-state index in [1.807, 2.05) is 6.92 Å². The predicted molar refractivity (Wildman–Crippen MR) is 152 cm³/mol. The highest BCUT2D eigenvalue weighted by molar-refractivity contribution is 5.68. The Morgan fingerprint density at radius 3 is 2.49 bits per heavy atom. The number of anilines is 1. The summed E-state index contributed by atoms with van der Waals surface area (Å²) in [5.74, 6) is 1.02. The summed E-state index contributed by atoms with van der Waals surface area (Å²) in [6, 6.07) is 16.0. The fraction of sp³-hybridized carbons (Fsp3) is 0.438. The van der Waals surface area contributed by atoms with Crippen molar-refractivity contribution >= 4 is 12.2 Å². The Kier molecular flexibility index (Phi) is 8.17. The van der Waals surface area contributed by atoms with Gasteiger partial charge in [0.05, 0.1) is 25.0 Å². The first-order chi connectivity index (χ1) is 18.9. The van der Waals surface area contributed by atoms with Gasteiger partial charge in [0, 0.05) is 56.3 Å². The van der Waals surface area contributed by atoms with Crippen molar-refractivity contribution in [1.82, 2.24) is 9.88 Å². The summed E-state index contributed by atoms with van der Waals surface area (Å²) < 4.78 is 25.4. The minimum Gasteiger partial charge on any atom is -0.494 e. The van der Waals surface area contributed by atoms with Crippen molar-refractivity contribution in [2.24, 2.45) is 0 Å². The minimum atomic E-state index is -0.516. The van der Waals surface area contributed by atoms with Crippen LogP contribution in [-0.2, 0) is 16.1 Å². The monoisotopic (exact) mass is 531 g/mol. The van der Waals surface area contributed by atoms with Gasteiger partial charge in [-0.25, -0.2) is 4.39 Å². The van der Waals surface area contributed by atoms with E-state index in [2.05, 4.69) is 65.2 Å². The third-order valence-electron chi connectivity index (χ3n) is 8.01. The lowest BCUT2D eigenvalue weighted by atomic mass is 9.89. The Balaban J connectivity index is 1.33. The number of carbonyl (C=O) groups is 1. The van der Waals surface area contributed by atoms with Gasteiger partial charge in [0.2, 0.25) is 0 Å². The summed E-state index contributed by atoms with van der Waals surface area (Å²) in [7, 11) is 2.05. The fourth-order valence-electron chi connectivity index (χ4n) is 5.64. The van der Waals surface area contributed by atoms with Crippen molar-refractivity contribution in [3.8, 4) is 17.0 Å². The van der Waals surface area contributed by atoms with Crippen molar-refractivity contribution in [3.05, 3.63) is 77.2 Å². The van der Waals surface area contributed by atoms with Gasteiger partial charge in [-0.05, 0) is 74.6 Å². The SMILES string of the molecule is CCOc1cc(-c2ccc(F)cn2)c(C2CC2)cc1CN1CCC(CN(C)c2ccc(C)cc2)(OC=O)CC1. The van der Waals surface area contributed by atoms with E-state index in [4.69, 9.17) is 9.47 Å². The molecule has 5 rings (SSSR count). The maximum Gasteiger partial charge on any atom is 0.293 e. The molecule has 7 heteroatoms. The zero-order valence-electron chi connectivity index (χ0n) is 23.2. The molecule has 1 aromatic heterocycles. The number of piperidine rings is 1. The second kappa shape index (κ2) is 11.7. The first-order valence-corrected chi connectivity index (χ1v) is 13.9. The molecule has 6 nitrogen and oxygen atoms in total. The van der Waals surface area contributed by atoms with E-state index in [0.717, 1.165) is 73.6 Å². The average molecular weight is 532 g/mol. The van der Waals surface area contributed by atoms with Crippen LogP contribution in [0.25, 0.3) is 11.3 Å². The summed E-state index contributed by atoms with van der Waals surface area (Å²) in [6.07, 6.45) is 5.12. The fourth-order valence-corrected chi connectivity index (χ4v) is 5.64. The van der Waals surface area contributed by atoms with Gasteiger partial charge in [-0.3, -0.25) is 14.7 Å². The van der Waals surface area contributed by atoms with Crippen LogP contribution < -0.4 is 9.64 Å². The normalized spacial score (nSPS) is 17.0. The number of likely N-dealkylation sites (tertiary alicyclic amines) is 1. The van der Waals surface area contributed by atoms with Gasteiger partial charge in [0.1, 0.15) is 17.2 Å². The van der Waals surface area contributed by atoms with Gasteiger partial charge < -0.3 is 14.4 Å². The number of rotatable bonds is 11. The first kappa shape index (κ1) is 27.1. The van der Waals surface area contributed by atoms with Crippen LogP contribution in [0.1, 0.15) is 55.2 Å². The molecule has 1 saturated carbocycles. The summed E-state index contributed by atoms with van der Waals surface area (Å²) in [4.78, 5) is 20.5. The van der Waals surface area contributed by atoms with E-state index in [0.29, 0.717) is 25.5 Å². The molecule has 2 aromatic carbocycles. The molecule has 0 spiro atoms. The van der Waals surface area contributed by atoms with E-state index in [-0.39, 0.29) is 5.82 Å². The van der Waals surface area contributed by atoms with Gasteiger partial charge in [-0.2, -0.15) is 0 Å². The molecular formula is C32H38FN3O3. The van der Waals surface area contributed by atoms with Crippen molar-refractivity contribution < 1.29 is 18.7 Å². The maximum atomic E-state index is 13.5. The number of carbonyl (C=O) groups excluding carboxylic acids is 1. The summed E-state index contributed by atoms with van der Waals surface area (Å²) >= 11 is 0. The third-order valence-corrected chi connectivity index (χ3v) is 8.01. The number of likely N-dealkylation sites (N-methyl/N-ethyl adjacent to an activating group) is 1. The standard InChI is InChI=1S/C32H38FN3O3/c1-4-38-31-18-29(30-12-9-26(33)19-34-30)28(24-7-8-24)17-25(31)20-36-15-13-32(14-16-36,39-22-37)21-35(3)27-10-5-23(2)6-11-27/h5-6,9-12,17-19,22,24H,4,7-8,13-16,20-21H2,1-3H3. The lowest BCUT2D eigenvalue weighted by Gasteiger charge is -2.42.